The Morgan fingerprint density at radius 2 is 2.16 bits per heavy atom. The van der Waals surface area contributed by atoms with Gasteiger partial charge in [0.2, 0.25) is 0 Å². The van der Waals surface area contributed by atoms with Gasteiger partial charge in [-0.25, -0.2) is 4.79 Å². The van der Waals surface area contributed by atoms with E-state index in [1.54, 1.807) is 19.2 Å². The normalized spacial score (nSPS) is 21.8. The van der Waals surface area contributed by atoms with Gasteiger partial charge in [0.15, 0.2) is 0 Å². The van der Waals surface area contributed by atoms with E-state index in [0.29, 0.717) is 17.7 Å². The first kappa shape index (κ1) is 14.5. The average Bonchev–Trinajstić information content (AvgIpc) is 2.37. The molecule has 5 heteroatoms. The van der Waals surface area contributed by atoms with Crippen molar-refractivity contribution < 1.29 is 14.3 Å². The first-order chi connectivity index (χ1) is 9.13. The largest absolute Gasteiger partial charge is 0.465 e. The monoisotopic (exact) mass is 327 g/mol. The van der Waals surface area contributed by atoms with Crippen molar-refractivity contribution in [2.24, 2.45) is 0 Å². The molecule has 19 heavy (non-hydrogen) atoms. The Labute approximate surface area is 121 Å². The smallest absolute Gasteiger partial charge is 0.337 e. The maximum atomic E-state index is 11.4. The number of benzene rings is 1. The summed E-state index contributed by atoms with van der Waals surface area (Å²) < 4.78 is 10.9. The van der Waals surface area contributed by atoms with Crippen LogP contribution in [0.15, 0.2) is 22.7 Å². The molecular formula is C14H18BrNO3. The second-order valence-electron chi connectivity index (χ2n) is 4.70. The molecule has 0 atom stereocenters. The molecule has 1 aliphatic carbocycles. The van der Waals surface area contributed by atoms with Gasteiger partial charge in [0.1, 0.15) is 0 Å². The number of esters is 1. The zero-order valence-corrected chi connectivity index (χ0v) is 12.7. The van der Waals surface area contributed by atoms with Gasteiger partial charge in [-0.1, -0.05) is 22.0 Å². The summed E-state index contributed by atoms with van der Waals surface area (Å²) in [4.78, 5) is 11.4. The van der Waals surface area contributed by atoms with Crippen molar-refractivity contribution in [3.63, 3.8) is 0 Å². The topological polar surface area (TPSA) is 47.6 Å². The molecule has 0 heterocycles. The number of carbonyl (C=O) groups is 1. The lowest BCUT2D eigenvalue weighted by molar-refractivity contribution is 0.0170. The Kier molecular flexibility index (Phi) is 4.96. The Hall–Kier alpha value is -0.910. The SMILES string of the molecule is COC(=O)c1ccc(CNC2CC(OC)C2)c(Br)c1. The summed E-state index contributed by atoms with van der Waals surface area (Å²) in [6, 6.07) is 6.04. The Morgan fingerprint density at radius 1 is 1.42 bits per heavy atom. The molecule has 0 unspecified atom stereocenters. The van der Waals surface area contributed by atoms with E-state index in [1.165, 1.54) is 7.11 Å². The van der Waals surface area contributed by atoms with Crippen LogP contribution >= 0.6 is 15.9 Å². The average molecular weight is 328 g/mol. The molecule has 0 aliphatic heterocycles. The van der Waals surface area contributed by atoms with Crippen LogP contribution < -0.4 is 5.32 Å². The molecule has 0 aromatic heterocycles. The molecule has 1 N–H and O–H groups in total. The van der Waals surface area contributed by atoms with Gasteiger partial charge in [-0.2, -0.15) is 0 Å². The van der Waals surface area contributed by atoms with Crippen LogP contribution in [0.25, 0.3) is 0 Å². The predicted molar refractivity (Wildman–Crippen MR) is 76.1 cm³/mol. The fourth-order valence-electron chi connectivity index (χ4n) is 2.11. The van der Waals surface area contributed by atoms with E-state index < -0.39 is 0 Å². The summed E-state index contributed by atoms with van der Waals surface area (Å²) in [7, 11) is 3.14. The molecule has 0 amide bonds. The van der Waals surface area contributed by atoms with Crippen LogP contribution in [-0.2, 0) is 16.0 Å². The van der Waals surface area contributed by atoms with E-state index in [4.69, 9.17) is 9.47 Å². The minimum atomic E-state index is -0.317. The van der Waals surface area contributed by atoms with Crippen molar-refractivity contribution in [1.29, 1.82) is 0 Å². The molecule has 0 radical (unpaired) electrons. The van der Waals surface area contributed by atoms with Crippen LogP contribution in [0.1, 0.15) is 28.8 Å². The van der Waals surface area contributed by atoms with Crippen LogP contribution in [0.5, 0.6) is 0 Å². The molecule has 4 nitrogen and oxygen atoms in total. The number of rotatable bonds is 5. The van der Waals surface area contributed by atoms with Gasteiger partial charge in [-0.15, -0.1) is 0 Å². The number of halogens is 1. The summed E-state index contributed by atoms with van der Waals surface area (Å²) in [6.45, 7) is 0.781. The van der Waals surface area contributed by atoms with Crippen molar-refractivity contribution in [3.05, 3.63) is 33.8 Å². The zero-order chi connectivity index (χ0) is 13.8. The minimum Gasteiger partial charge on any atom is -0.465 e. The first-order valence-corrected chi connectivity index (χ1v) is 7.06. The lowest BCUT2D eigenvalue weighted by atomic mass is 9.89. The van der Waals surface area contributed by atoms with Gasteiger partial charge < -0.3 is 14.8 Å². The number of nitrogens with one attached hydrogen (secondary N) is 1. The molecule has 1 aromatic carbocycles. The number of hydrogen-bond donors (Lipinski definition) is 1. The zero-order valence-electron chi connectivity index (χ0n) is 11.1. The Bertz CT molecular complexity index is 458. The summed E-state index contributed by atoms with van der Waals surface area (Å²) in [5.41, 5.74) is 1.69. The predicted octanol–water partition coefficient (Wildman–Crippen LogP) is 2.50. The van der Waals surface area contributed by atoms with E-state index in [-0.39, 0.29) is 5.97 Å². The quantitative estimate of drug-likeness (QED) is 0.844. The summed E-state index contributed by atoms with van der Waals surface area (Å²) in [5, 5.41) is 3.48. The molecule has 1 fully saturated rings. The highest BCUT2D eigenvalue weighted by Gasteiger charge is 2.28. The molecule has 0 spiro atoms. The highest BCUT2D eigenvalue weighted by atomic mass is 79.9. The van der Waals surface area contributed by atoms with E-state index in [0.717, 1.165) is 29.4 Å². The number of methoxy groups -OCH3 is 2. The van der Waals surface area contributed by atoms with Gasteiger partial charge >= 0.3 is 5.97 Å². The molecule has 0 saturated heterocycles. The Balaban J connectivity index is 1.89. The van der Waals surface area contributed by atoms with Crippen LogP contribution in [0, 0.1) is 0 Å². The fraction of sp³-hybridized carbons (Fsp3) is 0.500. The van der Waals surface area contributed by atoms with Gasteiger partial charge in [-0.3, -0.25) is 0 Å². The molecule has 1 aliphatic rings. The molecule has 1 aromatic rings. The van der Waals surface area contributed by atoms with E-state index in [9.17, 15) is 4.79 Å². The number of ether oxygens (including phenoxy) is 2. The lowest BCUT2D eigenvalue weighted by Crippen LogP contribution is -2.44. The second-order valence-corrected chi connectivity index (χ2v) is 5.56. The molecule has 1 saturated carbocycles. The maximum Gasteiger partial charge on any atom is 0.337 e. The van der Waals surface area contributed by atoms with E-state index >= 15 is 0 Å². The minimum absolute atomic E-state index is 0.317. The second kappa shape index (κ2) is 6.50. The first-order valence-electron chi connectivity index (χ1n) is 6.27. The van der Waals surface area contributed by atoms with E-state index in [1.807, 2.05) is 6.07 Å². The molecule has 104 valence electrons. The van der Waals surface area contributed by atoms with Crippen LogP contribution in [-0.4, -0.2) is 32.3 Å². The van der Waals surface area contributed by atoms with Crippen molar-refractivity contribution in [2.45, 2.75) is 31.5 Å². The fourth-order valence-corrected chi connectivity index (χ4v) is 2.63. The highest BCUT2D eigenvalue weighted by molar-refractivity contribution is 9.10. The number of hydrogen-bond acceptors (Lipinski definition) is 4. The van der Waals surface area contributed by atoms with Crippen molar-refractivity contribution >= 4 is 21.9 Å². The summed E-state index contributed by atoms with van der Waals surface area (Å²) in [5.74, 6) is -0.317. The van der Waals surface area contributed by atoms with Crippen molar-refractivity contribution in [2.75, 3.05) is 14.2 Å². The molecule has 2 rings (SSSR count). The molecular weight excluding hydrogens is 310 g/mol. The molecule has 0 bridgehead atoms. The standard InChI is InChI=1S/C14H18BrNO3/c1-18-12-6-11(7-12)16-8-10-4-3-9(5-13(10)15)14(17)19-2/h3-5,11-12,16H,6-8H2,1-2H3. The van der Waals surface area contributed by atoms with Crippen LogP contribution in [0.3, 0.4) is 0 Å². The van der Waals surface area contributed by atoms with Gasteiger partial charge in [-0.05, 0) is 30.5 Å². The van der Waals surface area contributed by atoms with Gasteiger partial charge in [0.05, 0.1) is 18.8 Å². The lowest BCUT2D eigenvalue weighted by Gasteiger charge is -2.34. The third-order valence-electron chi connectivity index (χ3n) is 3.48. The number of carbonyl (C=O) groups excluding carboxylic acids is 1. The van der Waals surface area contributed by atoms with E-state index in [2.05, 4.69) is 21.2 Å². The third-order valence-corrected chi connectivity index (χ3v) is 4.22. The Morgan fingerprint density at radius 3 is 2.74 bits per heavy atom. The highest BCUT2D eigenvalue weighted by Crippen LogP contribution is 2.24. The summed E-state index contributed by atoms with van der Waals surface area (Å²) >= 11 is 3.49. The van der Waals surface area contributed by atoms with Gasteiger partial charge in [0.25, 0.3) is 0 Å². The maximum absolute atomic E-state index is 11.4. The van der Waals surface area contributed by atoms with Crippen LogP contribution in [0.2, 0.25) is 0 Å². The van der Waals surface area contributed by atoms with Crippen LogP contribution in [0.4, 0.5) is 0 Å². The van der Waals surface area contributed by atoms with Crippen molar-refractivity contribution in [1.82, 2.24) is 5.32 Å². The van der Waals surface area contributed by atoms with Crippen molar-refractivity contribution in [3.8, 4) is 0 Å². The van der Waals surface area contributed by atoms with Gasteiger partial charge in [0, 0.05) is 24.2 Å². The summed E-state index contributed by atoms with van der Waals surface area (Å²) in [6.07, 6.45) is 2.53. The third kappa shape index (κ3) is 3.55.